The van der Waals surface area contributed by atoms with Crippen LogP contribution in [0.5, 0.6) is 0 Å². The lowest BCUT2D eigenvalue weighted by Gasteiger charge is -2.16. The summed E-state index contributed by atoms with van der Waals surface area (Å²) in [5.74, 6) is -0.743. The van der Waals surface area contributed by atoms with Gasteiger partial charge in [0.15, 0.2) is 0 Å². The van der Waals surface area contributed by atoms with Crippen LogP contribution in [0.25, 0.3) is 0 Å². The lowest BCUT2D eigenvalue weighted by atomic mass is 10.3. The van der Waals surface area contributed by atoms with Crippen LogP contribution in [-0.4, -0.2) is 48.4 Å². The lowest BCUT2D eigenvalue weighted by molar-refractivity contribution is -0.137. The van der Waals surface area contributed by atoms with E-state index >= 15 is 0 Å². The van der Waals surface area contributed by atoms with Crippen molar-refractivity contribution in [1.29, 1.82) is 0 Å². The molecule has 0 fully saturated rings. The fourth-order valence-corrected chi connectivity index (χ4v) is 0.973. The normalized spacial score (nSPS) is 14.8. The standard InChI is InChI=1S/C7H12N2O2.BF4/c1-8-4-5-9(6-8)3-2-7(10)11;2-1(3,4)5/h4-5H,2-3,6H2,1H3,(H,10,11);/q;-1/p+1. The van der Waals surface area contributed by atoms with E-state index in [-0.39, 0.29) is 7.85 Å². The van der Waals surface area contributed by atoms with Gasteiger partial charge in [-0.25, -0.2) is 0 Å². The molecule has 0 aromatic heterocycles. The molecule has 1 rings (SSSR count). The number of carboxylic acid groups (broad SMARTS) is 1. The zero-order chi connectivity index (χ0) is 12.8. The maximum atomic E-state index is 10.2. The summed E-state index contributed by atoms with van der Waals surface area (Å²) in [6, 6.07) is 0. The number of halogens is 4. The molecular weight excluding hydrogens is 231 g/mol. The third-order valence-corrected chi connectivity index (χ3v) is 1.55. The maximum Gasteiger partial charge on any atom is 1.00 e. The number of hydrogen-bond acceptors (Lipinski definition) is 3. The van der Waals surface area contributed by atoms with E-state index in [9.17, 15) is 22.1 Å². The van der Waals surface area contributed by atoms with Crippen LogP contribution in [0.3, 0.4) is 0 Å². The van der Waals surface area contributed by atoms with Crippen molar-refractivity contribution in [2.24, 2.45) is 0 Å². The Morgan fingerprint density at radius 2 is 1.94 bits per heavy atom. The van der Waals surface area contributed by atoms with Gasteiger partial charge in [-0.05, 0) is 0 Å². The molecule has 0 atom stereocenters. The molecule has 9 heteroatoms. The molecule has 0 radical (unpaired) electrons. The Morgan fingerprint density at radius 1 is 1.44 bits per heavy atom. The van der Waals surface area contributed by atoms with Crippen molar-refractivity contribution in [3.63, 3.8) is 0 Å². The molecule has 1 heterocycles. The zero-order valence-electron chi connectivity index (χ0n) is 9.62. The number of nitrogens with zero attached hydrogens (tertiary/aromatic N) is 2. The summed E-state index contributed by atoms with van der Waals surface area (Å²) >= 11 is 0. The van der Waals surface area contributed by atoms with Crippen LogP contribution >= 0.6 is 0 Å². The number of rotatable bonds is 3. The molecule has 0 bridgehead atoms. The molecule has 0 amide bonds. The van der Waals surface area contributed by atoms with E-state index in [0.29, 0.717) is 6.54 Å². The first-order valence-corrected chi connectivity index (χ1v) is 4.40. The Balaban J connectivity index is 0. The van der Waals surface area contributed by atoms with Crippen molar-refractivity contribution in [2.75, 3.05) is 20.3 Å². The highest BCUT2D eigenvalue weighted by Gasteiger charge is 2.20. The minimum Gasteiger partial charge on any atom is -0.481 e. The molecule has 4 nitrogen and oxygen atoms in total. The molecule has 16 heavy (non-hydrogen) atoms. The number of aliphatic carboxylic acids is 1. The molecule has 0 aromatic carbocycles. The van der Waals surface area contributed by atoms with Gasteiger partial charge in [0.2, 0.25) is 0 Å². The van der Waals surface area contributed by atoms with Gasteiger partial charge in [-0.2, -0.15) is 0 Å². The first-order chi connectivity index (χ1) is 7.18. The third kappa shape index (κ3) is 10.7. The summed E-state index contributed by atoms with van der Waals surface area (Å²) in [4.78, 5) is 14.1. The van der Waals surface area contributed by atoms with Gasteiger partial charge in [-0.15, -0.1) is 0 Å². The second-order valence-corrected chi connectivity index (χ2v) is 3.15. The predicted octanol–water partition coefficient (Wildman–Crippen LogP) is 1.55. The largest absolute Gasteiger partial charge is 1.00 e. The molecular formula is C7H13BF4N2O2. The van der Waals surface area contributed by atoms with Crippen LogP contribution in [0.2, 0.25) is 0 Å². The monoisotopic (exact) mass is 244 g/mol. The second-order valence-electron chi connectivity index (χ2n) is 3.15. The SMILES string of the molecule is CN1C=CN(CCC(=O)O)C1.F[B-](F)(F)F.[H+]. The Bertz CT molecular complexity index is 259. The molecule has 0 unspecified atom stereocenters. The highest BCUT2D eigenvalue weighted by Crippen LogP contribution is 2.06. The van der Waals surface area contributed by atoms with Crippen LogP contribution in [-0.2, 0) is 4.79 Å². The van der Waals surface area contributed by atoms with E-state index in [1.54, 1.807) is 0 Å². The van der Waals surface area contributed by atoms with Crippen LogP contribution in [0.15, 0.2) is 12.4 Å². The van der Waals surface area contributed by atoms with Gasteiger partial charge < -0.3 is 32.2 Å². The minimum atomic E-state index is -6.00. The highest BCUT2D eigenvalue weighted by molar-refractivity contribution is 6.50. The maximum absolute atomic E-state index is 10.2. The average Bonchev–Trinajstić information content (AvgIpc) is 2.44. The van der Waals surface area contributed by atoms with Crippen LogP contribution in [0.4, 0.5) is 17.3 Å². The molecule has 0 aromatic rings. The third-order valence-electron chi connectivity index (χ3n) is 1.55. The molecule has 0 aliphatic carbocycles. The summed E-state index contributed by atoms with van der Waals surface area (Å²) in [6.07, 6.45) is 4.04. The van der Waals surface area contributed by atoms with Crippen molar-refractivity contribution in [1.82, 2.24) is 9.80 Å². The average molecular weight is 244 g/mol. The molecule has 1 N–H and O–H groups in total. The van der Waals surface area contributed by atoms with Crippen molar-refractivity contribution >= 4 is 13.2 Å². The Labute approximate surface area is 91.7 Å². The van der Waals surface area contributed by atoms with E-state index in [4.69, 9.17) is 5.11 Å². The first kappa shape index (κ1) is 14.6. The Kier molecular flexibility index (Phi) is 5.69. The summed E-state index contributed by atoms with van der Waals surface area (Å²) in [5.41, 5.74) is 0. The Morgan fingerprint density at radius 3 is 2.25 bits per heavy atom. The number of carboxylic acids is 1. The van der Waals surface area contributed by atoms with Gasteiger partial charge in [-0.3, -0.25) is 4.79 Å². The molecule has 0 spiro atoms. The van der Waals surface area contributed by atoms with Crippen LogP contribution < -0.4 is 0 Å². The van der Waals surface area contributed by atoms with Gasteiger partial charge >= 0.3 is 14.7 Å². The van der Waals surface area contributed by atoms with Gasteiger partial charge in [0, 0.05) is 26.0 Å². The first-order valence-electron chi connectivity index (χ1n) is 4.40. The fourth-order valence-electron chi connectivity index (χ4n) is 0.973. The second kappa shape index (κ2) is 6.24. The van der Waals surface area contributed by atoms with E-state index < -0.39 is 13.2 Å². The van der Waals surface area contributed by atoms with Crippen molar-refractivity contribution < 1.29 is 28.6 Å². The summed E-state index contributed by atoms with van der Waals surface area (Å²) in [5, 5.41) is 8.38. The van der Waals surface area contributed by atoms with Crippen molar-refractivity contribution in [3.05, 3.63) is 12.4 Å². The van der Waals surface area contributed by atoms with Crippen molar-refractivity contribution in [3.8, 4) is 0 Å². The van der Waals surface area contributed by atoms with E-state index in [0.717, 1.165) is 6.67 Å². The predicted molar refractivity (Wildman–Crippen MR) is 52.0 cm³/mol. The molecule has 1 aliphatic rings. The topological polar surface area (TPSA) is 43.8 Å². The lowest BCUT2D eigenvalue weighted by Crippen LogP contribution is -2.24. The molecule has 0 saturated carbocycles. The van der Waals surface area contributed by atoms with Crippen molar-refractivity contribution in [2.45, 2.75) is 6.42 Å². The Hall–Kier alpha value is -1.41. The summed E-state index contributed by atoms with van der Waals surface area (Å²) in [7, 11) is -4.04. The quantitative estimate of drug-likeness (QED) is 0.604. The van der Waals surface area contributed by atoms with Gasteiger partial charge in [0.25, 0.3) is 0 Å². The number of hydrogen-bond donors (Lipinski definition) is 1. The molecule has 1 aliphatic heterocycles. The van der Waals surface area contributed by atoms with E-state index in [2.05, 4.69) is 0 Å². The minimum absolute atomic E-state index is 0. The van der Waals surface area contributed by atoms with Gasteiger partial charge in [0.05, 0.1) is 13.1 Å². The van der Waals surface area contributed by atoms with E-state index in [1.807, 2.05) is 29.2 Å². The fraction of sp³-hybridized carbons (Fsp3) is 0.571. The smallest absolute Gasteiger partial charge is 0.481 e. The van der Waals surface area contributed by atoms with Gasteiger partial charge in [-0.1, -0.05) is 0 Å². The van der Waals surface area contributed by atoms with Crippen LogP contribution in [0, 0.1) is 0 Å². The van der Waals surface area contributed by atoms with E-state index in [1.165, 1.54) is 0 Å². The van der Waals surface area contributed by atoms with Gasteiger partial charge in [0.1, 0.15) is 0 Å². The molecule has 94 valence electrons. The summed E-state index contributed by atoms with van der Waals surface area (Å²) < 4.78 is 39.0. The number of carbonyl (C=O) groups is 1. The zero-order valence-corrected chi connectivity index (χ0v) is 8.62. The highest BCUT2D eigenvalue weighted by atomic mass is 19.5. The van der Waals surface area contributed by atoms with Crippen LogP contribution in [0.1, 0.15) is 7.85 Å². The molecule has 0 saturated heterocycles. The summed E-state index contributed by atoms with van der Waals surface area (Å²) in [6.45, 7) is 1.39.